The maximum absolute atomic E-state index is 12.5. The van der Waals surface area contributed by atoms with Gasteiger partial charge in [-0.2, -0.15) is 18.2 Å². The highest BCUT2D eigenvalue weighted by atomic mass is 19.4. The summed E-state index contributed by atoms with van der Waals surface area (Å²) in [6, 6.07) is -0.342. The van der Waals surface area contributed by atoms with Crippen LogP contribution in [0.1, 0.15) is 19.4 Å². The summed E-state index contributed by atoms with van der Waals surface area (Å²) in [7, 11) is 0. The average Bonchev–Trinajstić information content (AvgIpc) is 2.25. The third kappa shape index (κ3) is 3.73. The fourth-order valence-corrected chi connectivity index (χ4v) is 1.49. The van der Waals surface area contributed by atoms with Gasteiger partial charge in [-0.15, -0.1) is 0 Å². The van der Waals surface area contributed by atoms with E-state index in [1.54, 1.807) is 20.8 Å². The Morgan fingerprint density at radius 2 is 2.06 bits per heavy atom. The zero-order valence-corrected chi connectivity index (χ0v) is 10.4. The summed E-state index contributed by atoms with van der Waals surface area (Å²) in [5.41, 5.74) is 2.78. The number of halogens is 3. The highest BCUT2D eigenvalue weighted by Gasteiger charge is 2.33. The molecule has 0 atom stereocenters. The standard InChI is InChI=1S/C10H16F3N5/c1-6(2)18(5-10(11,12)13)8-7(3)4-15-9(16-8)17-14/h4,6H,5,14H2,1-3H3,(H,15,16,17). The lowest BCUT2D eigenvalue weighted by Crippen LogP contribution is -2.40. The van der Waals surface area contributed by atoms with E-state index in [0.29, 0.717) is 5.56 Å². The van der Waals surface area contributed by atoms with E-state index in [9.17, 15) is 13.2 Å². The third-order valence-corrected chi connectivity index (χ3v) is 2.32. The first-order chi connectivity index (χ1) is 8.24. The Balaban J connectivity index is 3.12. The SMILES string of the molecule is Cc1cnc(NN)nc1N(CC(F)(F)F)C(C)C. The van der Waals surface area contributed by atoms with Crippen molar-refractivity contribution in [2.45, 2.75) is 33.0 Å². The molecule has 0 bridgehead atoms. The Labute approximate surface area is 103 Å². The molecule has 0 saturated carbocycles. The van der Waals surface area contributed by atoms with Gasteiger partial charge in [-0.25, -0.2) is 10.8 Å². The molecule has 1 aromatic rings. The molecule has 1 aromatic heterocycles. The van der Waals surface area contributed by atoms with E-state index in [-0.39, 0.29) is 17.8 Å². The Morgan fingerprint density at radius 1 is 1.44 bits per heavy atom. The van der Waals surface area contributed by atoms with Crippen molar-refractivity contribution in [1.29, 1.82) is 0 Å². The number of nitrogens with zero attached hydrogens (tertiary/aromatic N) is 3. The molecule has 1 heterocycles. The van der Waals surface area contributed by atoms with Crippen molar-refractivity contribution in [2.24, 2.45) is 5.84 Å². The highest BCUT2D eigenvalue weighted by Crippen LogP contribution is 2.25. The maximum atomic E-state index is 12.5. The molecule has 3 N–H and O–H groups in total. The van der Waals surface area contributed by atoms with E-state index in [0.717, 1.165) is 4.90 Å². The lowest BCUT2D eigenvalue weighted by atomic mass is 10.2. The van der Waals surface area contributed by atoms with E-state index in [2.05, 4.69) is 15.4 Å². The van der Waals surface area contributed by atoms with Crippen molar-refractivity contribution in [3.63, 3.8) is 0 Å². The molecular formula is C10H16F3N5. The van der Waals surface area contributed by atoms with Gasteiger partial charge in [-0.1, -0.05) is 0 Å². The Bertz CT molecular complexity index is 405. The third-order valence-electron chi connectivity index (χ3n) is 2.32. The van der Waals surface area contributed by atoms with Gasteiger partial charge in [-0.3, -0.25) is 5.43 Å². The van der Waals surface area contributed by atoms with Gasteiger partial charge in [0, 0.05) is 17.8 Å². The summed E-state index contributed by atoms with van der Waals surface area (Å²) in [5, 5.41) is 0. The molecule has 0 aliphatic carbocycles. The molecule has 102 valence electrons. The van der Waals surface area contributed by atoms with Crippen LogP contribution in [-0.2, 0) is 0 Å². The molecule has 0 aliphatic rings. The van der Waals surface area contributed by atoms with Crippen LogP contribution in [0.5, 0.6) is 0 Å². The molecule has 0 radical (unpaired) electrons. The Hall–Kier alpha value is -1.57. The van der Waals surface area contributed by atoms with Gasteiger partial charge in [0.25, 0.3) is 0 Å². The lowest BCUT2D eigenvalue weighted by Gasteiger charge is -2.30. The normalized spacial score (nSPS) is 11.8. The molecule has 0 amide bonds. The summed E-state index contributed by atoms with van der Waals surface area (Å²) >= 11 is 0. The largest absolute Gasteiger partial charge is 0.405 e. The summed E-state index contributed by atoms with van der Waals surface area (Å²) in [5.74, 6) is 5.47. The number of nitrogens with two attached hydrogens (primary N) is 1. The number of aryl methyl sites for hydroxylation is 1. The van der Waals surface area contributed by atoms with E-state index < -0.39 is 12.7 Å². The number of anilines is 2. The van der Waals surface area contributed by atoms with E-state index in [4.69, 9.17) is 5.84 Å². The Kier molecular flexibility index (Phi) is 4.33. The van der Waals surface area contributed by atoms with Gasteiger partial charge in [0.05, 0.1) is 0 Å². The van der Waals surface area contributed by atoms with Crippen LogP contribution in [0.4, 0.5) is 24.9 Å². The first kappa shape index (κ1) is 14.5. The zero-order chi connectivity index (χ0) is 13.9. The molecule has 0 aliphatic heterocycles. The minimum Gasteiger partial charge on any atom is -0.345 e. The smallest absolute Gasteiger partial charge is 0.345 e. The first-order valence-electron chi connectivity index (χ1n) is 5.38. The number of nitrogens with one attached hydrogen (secondary N) is 1. The molecule has 0 fully saturated rings. The minimum absolute atomic E-state index is 0.0865. The van der Waals surface area contributed by atoms with Crippen molar-refractivity contribution >= 4 is 11.8 Å². The molecular weight excluding hydrogens is 247 g/mol. The van der Waals surface area contributed by atoms with Crippen LogP contribution in [0.3, 0.4) is 0 Å². The van der Waals surface area contributed by atoms with Gasteiger partial charge in [0.15, 0.2) is 0 Å². The van der Waals surface area contributed by atoms with Crippen LogP contribution >= 0.6 is 0 Å². The van der Waals surface area contributed by atoms with Crippen LogP contribution in [0.2, 0.25) is 0 Å². The predicted octanol–water partition coefficient (Wildman–Crippen LogP) is 1.85. The lowest BCUT2D eigenvalue weighted by molar-refractivity contribution is -0.120. The first-order valence-corrected chi connectivity index (χ1v) is 5.38. The Morgan fingerprint density at radius 3 is 2.50 bits per heavy atom. The molecule has 0 unspecified atom stereocenters. The molecule has 0 saturated heterocycles. The van der Waals surface area contributed by atoms with Gasteiger partial charge in [0.2, 0.25) is 5.95 Å². The minimum atomic E-state index is -4.29. The van der Waals surface area contributed by atoms with Crippen molar-refractivity contribution in [3.05, 3.63) is 11.8 Å². The van der Waals surface area contributed by atoms with E-state index in [1.807, 2.05) is 0 Å². The van der Waals surface area contributed by atoms with Crippen molar-refractivity contribution in [2.75, 3.05) is 16.9 Å². The van der Waals surface area contributed by atoms with E-state index >= 15 is 0 Å². The molecule has 8 heteroatoms. The number of hydrazine groups is 1. The quantitative estimate of drug-likeness (QED) is 0.641. The number of aromatic nitrogens is 2. The molecule has 0 spiro atoms. The van der Waals surface area contributed by atoms with Gasteiger partial charge < -0.3 is 4.90 Å². The fraction of sp³-hybridized carbons (Fsp3) is 0.600. The number of rotatable bonds is 4. The van der Waals surface area contributed by atoms with Crippen LogP contribution < -0.4 is 16.2 Å². The average molecular weight is 263 g/mol. The van der Waals surface area contributed by atoms with Crippen LogP contribution in [0.25, 0.3) is 0 Å². The number of hydrogen-bond donors (Lipinski definition) is 2. The monoisotopic (exact) mass is 263 g/mol. The molecule has 5 nitrogen and oxygen atoms in total. The summed E-state index contributed by atoms with van der Waals surface area (Å²) < 4.78 is 37.6. The van der Waals surface area contributed by atoms with Crippen LogP contribution in [0.15, 0.2) is 6.20 Å². The van der Waals surface area contributed by atoms with Crippen LogP contribution in [-0.4, -0.2) is 28.7 Å². The fourth-order valence-electron chi connectivity index (χ4n) is 1.49. The molecule has 18 heavy (non-hydrogen) atoms. The zero-order valence-electron chi connectivity index (χ0n) is 10.4. The summed E-state index contributed by atoms with van der Waals surface area (Å²) in [4.78, 5) is 8.98. The second-order valence-corrected chi connectivity index (χ2v) is 4.18. The second-order valence-electron chi connectivity index (χ2n) is 4.18. The number of nitrogen functional groups attached to an aromatic ring is 1. The molecule has 1 rings (SSSR count). The number of alkyl halides is 3. The highest BCUT2D eigenvalue weighted by molar-refractivity contribution is 5.49. The summed E-state index contributed by atoms with van der Waals surface area (Å²) in [6.45, 7) is 3.93. The van der Waals surface area contributed by atoms with Crippen molar-refractivity contribution in [3.8, 4) is 0 Å². The number of hydrogen-bond acceptors (Lipinski definition) is 5. The van der Waals surface area contributed by atoms with Crippen LogP contribution in [0, 0.1) is 6.92 Å². The second kappa shape index (κ2) is 5.38. The summed E-state index contributed by atoms with van der Waals surface area (Å²) in [6.07, 6.45) is -2.86. The van der Waals surface area contributed by atoms with Gasteiger partial charge in [-0.05, 0) is 20.8 Å². The van der Waals surface area contributed by atoms with Crippen molar-refractivity contribution < 1.29 is 13.2 Å². The van der Waals surface area contributed by atoms with Gasteiger partial charge >= 0.3 is 6.18 Å². The molecule has 0 aromatic carbocycles. The maximum Gasteiger partial charge on any atom is 0.405 e. The topological polar surface area (TPSA) is 67.1 Å². The van der Waals surface area contributed by atoms with Gasteiger partial charge in [0.1, 0.15) is 12.4 Å². The predicted molar refractivity (Wildman–Crippen MR) is 63.1 cm³/mol. The van der Waals surface area contributed by atoms with E-state index in [1.165, 1.54) is 6.20 Å². The van der Waals surface area contributed by atoms with Crippen molar-refractivity contribution in [1.82, 2.24) is 9.97 Å².